The van der Waals surface area contributed by atoms with Crippen molar-refractivity contribution in [1.82, 2.24) is 5.32 Å². The van der Waals surface area contributed by atoms with Gasteiger partial charge in [0.2, 0.25) is 0 Å². The molecule has 1 atom stereocenters. The van der Waals surface area contributed by atoms with Gasteiger partial charge in [0.15, 0.2) is 0 Å². The molecule has 2 N–H and O–H groups in total. The van der Waals surface area contributed by atoms with Gasteiger partial charge in [-0.2, -0.15) is 11.8 Å². The summed E-state index contributed by atoms with van der Waals surface area (Å²) < 4.78 is 0. The lowest BCUT2D eigenvalue weighted by Crippen LogP contribution is -2.30. The molecule has 108 valence electrons. The van der Waals surface area contributed by atoms with Gasteiger partial charge in [0.05, 0.1) is 10.5 Å². The maximum absolute atomic E-state index is 12.2. The van der Waals surface area contributed by atoms with Crippen LogP contribution in [0.4, 0.5) is 11.4 Å². The summed E-state index contributed by atoms with van der Waals surface area (Å²) in [6.07, 6.45) is 2.29. The van der Waals surface area contributed by atoms with Gasteiger partial charge >= 0.3 is 0 Å². The van der Waals surface area contributed by atoms with Crippen LogP contribution in [0, 0.1) is 10.1 Å². The maximum Gasteiger partial charge on any atom is 0.293 e. The van der Waals surface area contributed by atoms with Gasteiger partial charge < -0.3 is 10.6 Å². The molecule has 0 bridgehead atoms. The minimum atomic E-state index is -0.491. The molecule has 0 radical (unpaired) electrons. The molecule has 1 aliphatic rings. The predicted octanol–water partition coefficient (Wildman–Crippen LogP) is 2.26. The van der Waals surface area contributed by atoms with Crippen LogP contribution in [0.3, 0.4) is 0 Å². The second kappa shape index (κ2) is 6.60. The minimum absolute atomic E-state index is 0.0876. The fourth-order valence-electron chi connectivity index (χ4n) is 2.25. The molecule has 1 saturated heterocycles. The van der Waals surface area contributed by atoms with Crippen LogP contribution in [0.5, 0.6) is 0 Å². The van der Waals surface area contributed by atoms with Crippen molar-refractivity contribution < 1.29 is 9.72 Å². The Morgan fingerprint density at radius 2 is 2.35 bits per heavy atom. The van der Waals surface area contributed by atoms with Crippen molar-refractivity contribution in [3.8, 4) is 0 Å². The summed E-state index contributed by atoms with van der Waals surface area (Å²) >= 11 is 1.86. The van der Waals surface area contributed by atoms with Gasteiger partial charge in [-0.3, -0.25) is 14.9 Å². The molecule has 0 aromatic heterocycles. The highest BCUT2D eigenvalue weighted by Crippen LogP contribution is 2.28. The van der Waals surface area contributed by atoms with E-state index in [1.165, 1.54) is 18.6 Å². The summed E-state index contributed by atoms with van der Waals surface area (Å²) in [6.45, 7) is 0.606. The van der Waals surface area contributed by atoms with E-state index in [4.69, 9.17) is 0 Å². The first-order valence-electron chi connectivity index (χ1n) is 6.48. The molecule has 1 fully saturated rings. The van der Waals surface area contributed by atoms with Crippen molar-refractivity contribution in [3.63, 3.8) is 0 Å². The number of carbonyl (C=O) groups is 1. The van der Waals surface area contributed by atoms with Gasteiger partial charge in [-0.05, 0) is 24.7 Å². The third-order valence-corrected chi connectivity index (χ3v) is 4.65. The summed E-state index contributed by atoms with van der Waals surface area (Å²) in [5, 5.41) is 17.0. The Balaban J connectivity index is 2.12. The van der Waals surface area contributed by atoms with Gasteiger partial charge in [0.1, 0.15) is 5.69 Å². The van der Waals surface area contributed by atoms with Crippen LogP contribution < -0.4 is 10.6 Å². The predicted molar refractivity (Wildman–Crippen MR) is 80.5 cm³/mol. The van der Waals surface area contributed by atoms with Crippen molar-refractivity contribution in [2.45, 2.75) is 18.1 Å². The van der Waals surface area contributed by atoms with E-state index in [0.717, 1.165) is 12.2 Å². The molecule has 0 spiro atoms. The standard InChI is InChI=1S/C13H17N3O3S/c1-14-12-10(5-2-6-11(12)16(18)19)13(17)15-8-9-4-3-7-20-9/h2,5-6,9,14H,3-4,7-8H2,1H3,(H,15,17). The number of hydrogen-bond donors (Lipinski definition) is 2. The first kappa shape index (κ1) is 14.6. The van der Waals surface area contributed by atoms with E-state index < -0.39 is 4.92 Å². The lowest BCUT2D eigenvalue weighted by molar-refractivity contribution is -0.384. The number of thioether (sulfide) groups is 1. The van der Waals surface area contributed by atoms with Crippen molar-refractivity contribution in [2.75, 3.05) is 24.7 Å². The monoisotopic (exact) mass is 295 g/mol. The second-order valence-corrected chi connectivity index (χ2v) is 5.96. The van der Waals surface area contributed by atoms with Crippen molar-refractivity contribution in [2.24, 2.45) is 0 Å². The number of carbonyl (C=O) groups excluding carboxylic acids is 1. The highest BCUT2D eigenvalue weighted by molar-refractivity contribution is 8.00. The number of amides is 1. The number of nitrogens with one attached hydrogen (secondary N) is 2. The molecular weight excluding hydrogens is 278 g/mol. The minimum Gasteiger partial charge on any atom is -0.382 e. The van der Waals surface area contributed by atoms with Crippen LogP contribution in [0.25, 0.3) is 0 Å². The Morgan fingerprint density at radius 1 is 1.55 bits per heavy atom. The van der Waals surface area contributed by atoms with Crippen molar-refractivity contribution in [3.05, 3.63) is 33.9 Å². The van der Waals surface area contributed by atoms with Gasteiger partial charge in [0.25, 0.3) is 11.6 Å². The number of nitro benzene ring substituents is 1. The highest BCUT2D eigenvalue weighted by atomic mass is 32.2. The van der Waals surface area contributed by atoms with Crippen LogP contribution in [-0.2, 0) is 0 Å². The van der Waals surface area contributed by atoms with E-state index in [-0.39, 0.29) is 17.3 Å². The van der Waals surface area contributed by atoms with Gasteiger partial charge in [-0.1, -0.05) is 6.07 Å². The van der Waals surface area contributed by atoms with E-state index in [1.807, 2.05) is 11.8 Å². The van der Waals surface area contributed by atoms with Crippen LogP contribution >= 0.6 is 11.8 Å². The number of benzene rings is 1. The third-order valence-electron chi connectivity index (χ3n) is 3.25. The molecule has 1 unspecified atom stereocenters. The summed E-state index contributed by atoms with van der Waals surface area (Å²) in [5.74, 6) is 0.865. The summed E-state index contributed by atoms with van der Waals surface area (Å²) in [4.78, 5) is 22.6. The summed E-state index contributed by atoms with van der Waals surface area (Å²) in [5.41, 5.74) is 0.481. The Bertz CT molecular complexity index is 516. The summed E-state index contributed by atoms with van der Waals surface area (Å²) in [7, 11) is 1.58. The quantitative estimate of drug-likeness (QED) is 0.643. The fourth-order valence-corrected chi connectivity index (χ4v) is 3.45. The van der Waals surface area contributed by atoms with E-state index in [9.17, 15) is 14.9 Å². The first-order chi connectivity index (χ1) is 9.63. The van der Waals surface area contributed by atoms with Gasteiger partial charge in [-0.25, -0.2) is 0 Å². The maximum atomic E-state index is 12.2. The van der Waals surface area contributed by atoms with E-state index in [0.29, 0.717) is 17.4 Å². The molecule has 1 aromatic carbocycles. The smallest absolute Gasteiger partial charge is 0.293 e. The Hall–Kier alpha value is -1.76. The Morgan fingerprint density at radius 3 is 2.95 bits per heavy atom. The summed E-state index contributed by atoms with van der Waals surface area (Å²) in [6, 6.07) is 4.50. The fraction of sp³-hybridized carbons (Fsp3) is 0.462. The number of nitrogens with zero attached hydrogens (tertiary/aromatic N) is 1. The normalized spacial score (nSPS) is 17.8. The molecule has 20 heavy (non-hydrogen) atoms. The Labute approximate surface area is 121 Å². The Kier molecular flexibility index (Phi) is 4.84. The SMILES string of the molecule is CNc1c(C(=O)NCC2CCCS2)cccc1[N+](=O)[O-]. The van der Waals surface area contributed by atoms with Gasteiger partial charge in [-0.15, -0.1) is 0 Å². The zero-order valence-electron chi connectivity index (χ0n) is 11.2. The molecule has 1 aliphatic heterocycles. The molecule has 1 aromatic rings. The third kappa shape index (κ3) is 3.22. The topological polar surface area (TPSA) is 84.3 Å². The van der Waals surface area contributed by atoms with E-state index in [2.05, 4.69) is 10.6 Å². The van der Waals surface area contributed by atoms with Crippen molar-refractivity contribution in [1.29, 1.82) is 0 Å². The number of hydrogen-bond acceptors (Lipinski definition) is 5. The van der Waals surface area contributed by atoms with E-state index in [1.54, 1.807) is 13.1 Å². The molecule has 0 saturated carbocycles. The molecule has 1 heterocycles. The molecular formula is C13H17N3O3S. The molecule has 7 heteroatoms. The number of rotatable bonds is 5. The largest absolute Gasteiger partial charge is 0.382 e. The average molecular weight is 295 g/mol. The van der Waals surface area contributed by atoms with Crippen LogP contribution in [0.15, 0.2) is 18.2 Å². The van der Waals surface area contributed by atoms with Crippen molar-refractivity contribution >= 4 is 29.0 Å². The highest BCUT2D eigenvalue weighted by Gasteiger charge is 2.22. The number of para-hydroxylation sites is 1. The number of anilines is 1. The molecule has 0 aliphatic carbocycles. The molecule has 6 nitrogen and oxygen atoms in total. The second-order valence-electron chi connectivity index (χ2n) is 4.55. The lowest BCUT2D eigenvalue weighted by atomic mass is 10.1. The van der Waals surface area contributed by atoms with E-state index >= 15 is 0 Å². The lowest BCUT2D eigenvalue weighted by Gasteiger charge is -2.12. The molecule has 2 rings (SSSR count). The van der Waals surface area contributed by atoms with Crippen LogP contribution in [0.1, 0.15) is 23.2 Å². The van der Waals surface area contributed by atoms with Crippen LogP contribution in [0.2, 0.25) is 0 Å². The number of nitro groups is 1. The van der Waals surface area contributed by atoms with Crippen LogP contribution in [-0.4, -0.2) is 35.4 Å². The first-order valence-corrected chi connectivity index (χ1v) is 7.53. The van der Waals surface area contributed by atoms with Gasteiger partial charge in [0, 0.05) is 24.9 Å². The zero-order chi connectivity index (χ0) is 14.5. The average Bonchev–Trinajstić information content (AvgIpc) is 2.97. The zero-order valence-corrected chi connectivity index (χ0v) is 12.0. The molecule has 1 amide bonds.